The predicted molar refractivity (Wildman–Crippen MR) is 69.8 cm³/mol. The van der Waals surface area contributed by atoms with Crippen LogP contribution < -0.4 is 21.2 Å². The van der Waals surface area contributed by atoms with Crippen LogP contribution in [0.5, 0.6) is 0 Å². The Labute approximate surface area is 122 Å². The first kappa shape index (κ1) is 13.2. The van der Waals surface area contributed by atoms with Crippen molar-refractivity contribution in [3.63, 3.8) is 0 Å². The number of rotatable bonds is 2. The van der Waals surface area contributed by atoms with Gasteiger partial charge in [-0.05, 0) is 26.0 Å². The van der Waals surface area contributed by atoms with Crippen molar-refractivity contribution in [1.29, 1.82) is 0 Å². The summed E-state index contributed by atoms with van der Waals surface area (Å²) in [5.41, 5.74) is 2.51. The van der Waals surface area contributed by atoms with Crippen LogP contribution >= 0.6 is 23.2 Å². The summed E-state index contributed by atoms with van der Waals surface area (Å²) in [4.78, 5) is 0. The van der Waals surface area contributed by atoms with E-state index in [1.165, 1.54) is 18.3 Å². The van der Waals surface area contributed by atoms with Crippen LogP contribution in [0.3, 0.4) is 0 Å². The summed E-state index contributed by atoms with van der Waals surface area (Å²) >= 11 is 12.2. The lowest BCUT2D eigenvalue weighted by molar-refractivity contribution is -0.598. The molecule has 0 bridgehead atoms. The average Bonchev–Trinajstić information content (AvgIpc) is 2.27. The zero-order chi connectivity index (χ0) is 12.4. The van der Waals surface area contributed by atoms with Crippen LogP contribution in [0, 0.1) is 21.0 Å². The summed E-state index contributed by atoms with van der Waals surface area (Å²) < 4.78 is 2.54. The molecule has 0 aliphatic rings. The summed E-state index contributed by atoms with van der Waals surface area (Å²) in [5, 5.41) is 1.72. The summed E-state index contributed by atoms with van der Waals surface area (Å²) in [5.74, 6) is 0. The summed E-state index contributed by atoms with van der Waals surface area (Å²) in [6.07, 6.45) is 0. The summed E-state index contributed by atoms with van der Waals surface area (Å²) in [6.45, 7) is 4.21. The molecule has 0 saturated heterocycles. The Morgan fingerprint density at radius 1 is 0.765 bits per heavy atom. The van der Waals surface area contributed by atoms with Gasteiger partial charge in [0.05, 0.1) is 10.0 Å². The van der Waals surface area contributed by atoms with Gasteiger partial charge in [0.2, 0.25) is 7.14 Å². The van der Waals surface area contributed by atoms with Gasteiger partial charge in [-0.2, -0.15) is 0 Å². The molecule has 0 radical (unpaired) electrons. The van der Waals surface area contributed by atoms with Crippen molar-refractivity contribution in [2.24, 2.45) is 0 Å². The maximum Gasteiger partial charge on any atom is 0.361 e. The number of hydrogen-bond donors (Lipinski definition) is 0. The third-order valence-corrected chi connectivity index (χ3v) is 7.69. The molecule has 0 N–H and O–H groups in total. The van der Waals surface area contributed by atoms with Crippen molar-refractivity contribution in [3.8, 4) is 0 Å². The molecule has 2 aromatic carbocycles. The highest BCUT2D eigenvalue weighted by Crippen LogP contribution is 2.12. The lowest BCUT2D eigenvalue weighted by Crippen LogP contribution is -3.62. The van der Waals surface area contributed by atoms with Gasteiger partial charge in [0.25, 0.3) is 0 Å². The van der Waals surface area contributed by atoms with E-state index >= 15 is 0 Å². The molecule has 0 aliphatic carbocycles. The molecule has 2 rings (SSSR count). The molecular weight excluding hydrogens is 366 g/mol. The average molecular weight is 378 g/mol. The van der Waals surface area contributed by atoms with E-state index in [2.05, 4.69) is 26.0 Å². The standard InChI is InChI=1S/C14H12Cl2I/c1-9-5-3-7-11(15)13(9)17-14-10(2)6-4-8-12(14)16/h3-8H,1-2H3/q+1. The number of halogens is 3. The van der Waals surface area contributed by atoms with Crippen molar-refractivity contribution >= 4 is 23.2 Å². The summed E-state index contributed by atoms with van der Waals surface area (Å²) in [6, 6.07) is 12.1. The van der Waals surface area contributed by atoms with Gasteiger partial charge in [-0.1, -0.05) is 47.5 Å². The number of benzene rings is 2. The fourth-order valence-corrected chi connectivity index (χ4v) is 5.10. The molecule has 0 aliphatic heterocycles. The molecular formula is C14H12Cl2I+. The zero-order valence-corrected chi connectivity index (χ0v) is 13.3. The molecule has 2 aromatic rings. The molecule has 0 aromatic heterocycles. The van der Waals surface area contributed by atoms with Gasteiger partial charge < -0.3 is 0 Å². The Kier molecular flexibility index (Phi) is 4.34. The second-order valence-corrected chi connectivity index (χ2v) is 7.35. The van der Waals surface area contributed by atoms with Gasteiger partial charge in [-0.15, -0.1) is 0 Å². The predicted octanol–water partition coefficient (Wildman–Crippen LogP) is 1.74. The topological polar surface area (TPSA) is 0 Å². The van der Waals surface area contributed by atoms with Crippen LogP contribution in [0.25, 0.3) is 0 Å². The van der Waals surface area contributed by atoms with E-state index in [0.29, 0.717) is 0 Å². The lowest BCUT2D eigenvalue weighted by Gasteiger charge is -1.99. The molecule has 0 fully saturated rings. The third-order valence-electron chi connectivity index (χ3n) is 2.48. The first-order chi connectivity index (χ1) is 8.09. The SMILES string of the molecule is Cc1cccc(Cl)c1[I+]c1c(C)cccc1Cl. The second-order valence-electron chi connectivity index (χ2n) is 3.84. The van der Waals surface area contributed by atoms with Gasteiger partial charge in [0.15, 0.2) is 0 Å². The number of hydrogen-bond acceptors (Lipinski definition) is 0. The van der Waals surface area contributed by atoms with Crippen molar-refractivity contribution < 1.29 is 21.2 Å². The zero-order valence-electron chi connectivity index (χ0n) is 9.60. The smallest absolute Gasteiger partial charge is 0.0794 e. The summed E-state index contributed by atoms with van der Waals surface area (Å²) in [7, 11) is 0. The maximum absolute atomic E-state index is 6.27. The highest BCUT2D eigenvalue weighted by atomic mass is 127. The maximum atomic E-state index is 6.27. The van der Waals surface area contributed by atoms with E-state index in [1.807, 2.05) is 24.3 Å². The Bertz CT molecular complexity index is 460. The Morgan fingerprint density at radius 2 is 1.18 bits per heavy atom. The molecule has 0 nitrogen and oxygen atoms in total. The van der Waals surface area contributed by atoms with Crippen molar-refractivity contribution in [3.05, 3.63) is 64.7 Å². The minimum atomic E-state index is -0.322. The van der Waals surface area contributed by atoms with Crippen LogP contribution in [0.4, 0.5) is 0 Å². The van der Waals surface area contributed by atoms with E-state index in [4.69, 9.17) is 23.2 Å². The van der Waals surface area contributed by atoms with Gasteiger partial charge in [-0.25, -0.2) is 0 Å². The Morgan fingerprint density at radius 3 is 1.53 bits per heavy atom. The minimum Gasteiger partial charge on any atom is -0.0794 e. The fourth-order valence-electron chi connectivity index (χ4n) is 1.56. The highest BCUT2D eigenvalue weighted by Gasteiger charge is 2.26. The van der Waals surface area contributed by atoms with E-state index in [-0.39, 0.29) is 21.2 Å². The van der Waals surface area contributed by atoms with Crippen molar-refractivity contribution in [2.45, 2.75) is 13.8 Å². The van der Waals surface area contributed by atoms with Gasteiger partial charge >= 0.3 is 21.2 Å². The molecule has 0 unspecified atom stereocenters. The Hall–Kier alpha value is -0.250. The van der Waals surface area contributed by atoms with Gasteiger partial charge in [0, 0.05) is 11.1 Å². The van der Waals surface area contributed by atoms with E-state index < -0.39 is 0 Å². The molecule has 0 atom stereocenters. The van der Waals surface area contributed by atoms with Crippen LogP contribution in [0.15, 0.2) is 36.4 Å². The fraction of sp³-hybridized carbons (Fsp3) is 0.143. The van der Waals surface area contributed by atoms with E-state index in [0.717, 1.165) is 10.0 Å². The van der Waals surface area contributed by atoms with Crippen molar-refractivity contribution in [1.82, 2.24) is 0 Å². The van der Waals surface area contributed by atoms with Gasteiger partial charge in [0.1, 0.15) is 0 Å². The first-order valence-electron chi connectivity index (χ1n) is 5.24. The molecule has 3 heteroatoms. The molecule has 0 heterocycles. The quantitative estimate of drug-likeness (QED) is 0.699. The third kappa shape index (κ3) is 2.95. The second kappa shape index (κ2) is 5.59. The van der Waals surface area contributed by atoms with E-state index in [1.54, 1.807) is 0 Å². The molecule has 0 saturated carbocycles. The monoisotopic (exact) mass is 377 g/mol. The first-order valence-corrected chi connectivity index (χ1v) is 8.16. The van der Waals surface area contributed by atoms with Crippen molar-refractivity contribution in [2.75, 3.05) is 0 Å². The molecule has 0 spiro atoms. The molecule has 88 valence electrons. The minimum absolute atomic E-state index is 0.322. The van der Waals surface area contributed by atoms with Crippen LogP contribution in [-0.2, 0) is 0 Å². The molecule has 17 heavy (non-hydrogen) atoms. The van der Waals surface area contributed by atoms with E-state index in [9.17, 15) is 0 Å². The Balaban J connectivity index is 2.45. The highest BCUT2D eigenvalue weighted by molar-refractivity contribution is 6.31. The molecule has 0 amide bonds. The normalized spacial score (nSPS) is 10.6. The number of aryl methyl sites for hydroxylation is 2. The largest absolute Gasteiger partial charge is 0.361 e. The van der Waals surface area contributed by atoms with Gasteiger partial charge in [-0.3, -0.25) is 0 Å². The van der Waals surface area contributed by atoms with Crippen LogP contribution in [0.1, 0.15) is 11.1 Å². The van der Waals surface area contributed by atoms with Crippen LogP contribution in [0.2, 0.25) is 10.0 Å². The van der Waals surface area contributed by atoms with Crippen LogP contribution in [-0.4, -0.2) is 0 Å². The lowest BCUT2D eigenvalue weighted by atomic mass is 10.2.